The SMILES string of the molecule is O=[N+]([O-])c1c(NC2CC3CCC2O3)ccc2scnc12. The minimum absolute atomic E-state index is 0.0755. The number of nitro benzene ring substituents is 1. The Balaban J connectivity index is 1.72. The maximum Gasteiger partial charge on any atom is 0.319 e. The van der Waals surface area contributed by atoms with Gasteiger partial charge >= 0.3 is 5.69 Å². The van der Waals surface area contributed by atoms with E-state index in [4.69, 9.17) is 4.74 Å². The molecule has 2 aliphatic rings. The molecule has 2 aromatic rings. The fraction of sp³-hybridized carbons (Fsp3) is 0.462. The molecule has 3 atom stereocenters. The van der Waals surface area contributed by atoms with Crippen LogP contribution in [-0.2, 0) is 4.74 Å². The summed E-state index contributed by atoms with van der Waals surface area (Å²) in [6.07, 6.45) is 3.58. The standard InChI is InChI=1S/C13H13N3O3S/c17-16(18)13-8(2-4-11-12(13)14-6-20-11)15-9-5-7-1-3-10(9)19-7/h2,4,6-7,9-10,15H,1,3,5H2. The summed E-state index contributed by atoms with van der Waals surface area (Å²) >= 11 is 1.41. The molecule has 0 amide bonds. The van der Waals surface area contributed by atoms with Crippen molar-refractivity contribution in [3.05, 3.63) is 27.8 Å². The van der Waals surface area contributed by atoms with Gasteiger partial charge in [0.15, 0.2) is 5.52 Å². The number of nitrogens with zero attached hydrogens (tertiary/aromatic N) is 2. The van der Waals surface area contributed by atoms with Crippen LogP contribution in [0, 0.1) is 10.1 Å². The van der Waals surface area contributed by atoms with Gasteiger partial charge in [-0.15, -0.1) is 11.3 Å². The number of rotatable bonds is 3. The summed E-state index contributed by atoms with van der Waals surface area (Å²) in [5.41, 5.74) is 2.73. The van der Waals surface area contributed by atoms with Gasteiger partial charge in [0, 0.05) is 0 Å². The van der Waals surface area contributed by atoms with E-state index in [0.29, 0.717) is 17.3 Å². The first-order valence-corrected chi connectivity index (χ1v) is 7.53. The molecular weight excluding hydrogens is 278 g/mol. The number of nitrogens with one attached hydrogen (secondary N) is 1. The molecule has 1 aromatic carbocycles. The van der Waals surface area contributed by atoms with Crippen LogP contribution in [0.1, 0.15) is 19.3 Å². The zero-order valence-electron chi connectivity index (χ0n) is 10.6. The fourth-order valence-corrected chi connectivity index (χ4v) is 3.89. The van der Waals surface area contributed by atoms with Crippen LogP contribution in [-0.4, -0.2) is 28.2 Å². The average Bonchev–Trinajstić information content (AvgIpc) is 3.13. The molecule has 7 heteroatoms. The quantitative estimate of drug-likeness (QED) is 0.695. The molecule has 2 fully saturated rings. The maximum atomic E-state index is 11.4. The summed E-state index contributed by atoms with van der Waals surface area (Å²) in [4.78, 5) is 15.1. The zero-order chi connectivity index (χ0) is 13.7. The van der Waals surface area contributed by atoms with E-state index in [9.17, 15) is 10.1 Å². The van der Waals surface area contributed by atoms with Gasteiger partial charge in [-0.3, -0.25) is 10.1 Å². The summed E-state index contributed by atoms with van der Waals surface area (Å²) in [6, 6.07) is 3.84. The molecule has 0 radical (unpaired) electrons. The molecule has 1 N–H and O–H groups in total. The molecule has 3 heterocycles. The fourth-order valence-electron chi connectivity index (χ4n) is 3.21. The van der Waals surface area contributed by atoms with Gasteiger partial charge < -0.3 is 10.1 Å². The van der Waals surface area contributed by atoms with Crippen molar-refractivity contribution in [2.24, 2.45) is 0 Å². The molecule has 3 unspecified atom stereocenters. The first kappa shape index (κ1) is 12.0. The summed E-state index contributed by atoms with van der Waals surface area (Å²) in [5, 5.41) is 14.7. The van der Waals surface area contributed by atoms with Crippen molar-refractivity contribution in [1.82, 2.24) is 4.98 Å². The van der Waals surface area contributed by atoms with Crippen molar-refractivity contribution in [2.45, 2.75) is 37.5 Å². The van der Waals surface area contributed by atoms with Crippen LogP contribution in [0.3, 0.4) is 0 Å². The van der Waals surface area contributed by atoms with E-state index >= 15 is 0 Å². The largest absolute Gasteiger partial charge is 0.374 e. The predicted molar refractivity (Wildman–Crippen MR) is 76.2 cm³/mol. The number of nitro groups is 1. The van der Waals surface area contributed by atoms with Gasteiger partial charge in [0.2, 0.25) is 0 Å². The lowest BCUT2D eigenvalue weighted by molar-refractivity contribution is -0.382. The Morgan fingerprint density at radius 1 is 1.45 bits per heavy atom. The van der Waals surface area contributed by atoms with Crippen molar-refractivity contribution in [2.75, 3.05) is 5.32 Å². The lowest BCUT2D eigenvalue weighted by atomic mass is 9.95. The molecular formula is C13H13N3O3S. The highest BCUT2D eigenvalue weighted by molar-refractivity contribution is 7.16. The van der Waals surface area contributed by atoms with E-state index in [1.54, 1.807) is 11.6 Å². The molecule has 2 saturated heterocycles. The second-order valence-corrected chi connectivity index (χ2v) is 6.16. The molecule has 6 nitrogen and oxygen atoms in total. The van der Waals surface area contributed by atoms with Crippen LogP contribution in [0.15, 0.2) is 17.6 Å². The second kappa shape index (κ2) is 4.39. The summed E-state index contributed by atoms with van der Waals surface area (Å²) in [5.74, 6) is 0. The van der Waals surface area contributed by atoms with Crippen molar-refractivity contribution >= 4 is 32.9 Å². The topological polar surface area (TPSA) is 77.3 Å². The third-order valence-corrected chi connectivity index (χ3v) is 4.90. The van der Waals surface area contributed by atoms with Crippen molar-refractivity contribution in [1.29, 1.82) is 0 Å². The second-order valence-electron chi connectivity index (χ2n) is 5.28. The lowest BCUT2D eigenvalue weighted by Crippen LogP contribution is -2.30. The normalized spacial score (nSPS) is 28.1. The first-order valence-electron chi connectivity index (χ1n) is 6.65. The monoisotopic (exact) mass is 291 g/mol. The van der Waals surface area contributed by atoms with Gasteiger partial charge in [-0.05, 0) is 31.4 Å². The number of hydrogen-bond acceptors (Lipinski definition) is 6. The number of fused-ring (bicyclic) bond motifs is 3. The summed E-state index contributed by atoms with van der Waals surface area (Å²) in [6.45, 7) is 0. The zero-order valence-corrected chi connectivity index (χ0v) is 11.4. The predicted octanol–water partition coefficient (Wildman–Crippen LogP) is 2.94. The molecule has 104 valence electrons. The average molecular weight is 291 g/mol. The van der Waals surface area contributed by atoms with E-state index in [1.807, 2.05) is 6.07 Å². The van der Waals surface area contributed by atoms with E-state index in [2.05, 4.69) is 10.3 Å². The van der Waals surface area contributed by atoms with Gasteiger partial charge in [-0.2, -0.15) is 0 Å². The third-order valence-electron chi connectivity index (χ3n) is 4.11. The molecule has 0 aliphatic carbocycles. The first-order chi connectivity index (χ1) is 9.72. The molecule has 0 spiro atoms. The number of ether oxygens (including phenoxy) is 1. The van der Waals surface area contributed by atoms with Crippen molar-refractivity contribution < 1.29 is 9.66 Å². The van der Waals surface area contributed by atoms with Gasteiger partial charge in [-0.25, -0.2) is 4.98 Å². The Labute approximate surface area is 118 Å². The van der Waals surface area contributed by atoms with E-state index in [1.165, 1.54) is 11.3 Å². The number of hydrogen-bond donors (Lipinski definition) is 1. The molecule has 2 aliphatic heterocycles. The van der Waals surface area contributed by atoms with Gasteiger partial charge in [0.25, 0.3) is 0 Å². The van der Waals surface area contributed by atoms with Gasteiger partial charge in [0.1, 0.15) is 5.69 Å². The highest BCUT2D eigenvalue weighted by Crippen LogP contribution is 2.39. The highest BCUT2D eigenvalue weighted by atomic mass is 32.1. The van der Waals surface area contributed by atoms with Crippen molar-refractivity contribution in [3.63, 3.8) is 0 Å². The number of benzene rings is 1. The van der Waals surface area contributed by atoms with Crippen LogP contribution in [0.5, 0.6) is 0 Å². The Hall–Kier alpha value is -1.73. The van der Waals surface area contributed by atoms with Crippen LogP contribution >= 0.6 is 11.3 Å². The van der Waals surface area contributed by atoms with E-state index < -0.39 is 0 Å². The minimum Gasteiger partial charge on any atom is -0.374 e. The molecule has 2 bridgehead atoms. The highest BCUT2D eigenvalue weighted by Gasteiger charge is 2.41. The van der Waals surface area contributed by atoms with Gasteiger partial charge in [0.05, 0.1) is 33.4 Å². The van der Waals surface area contributed by atoms with E-state index in [-0.39, 0.29) is 22.8 Å². The number of anilines is 1. The Kier molecular flexibility index (Phi) is 2.64. The smallest absolute Gasteiger partial charge is 0.319 e. The minimum atomic E-state index is -0.349. The van der Waals surface area contributed by atoms with Crippen LogP contribution in [0.4, 0.5) is 11.4 Å². The Morgan fingerprint density at radius 2 is 2.35 bits per heavy atom. The molecule has 4 rings (SSSR count). The molecule has 0 saturated carbocycles. The Morgan fingerprint density at radius 3 is 3.05 bits per heavy atom. The molecule has 20 heavy (non-hydrogen) atoms. The number of aromatic nitrogens is 1. The van der Waals surface area contributed by atoms with E-state index in [0.717, 1.165) is 24.0 Å². The molecule has 1 aromatic heterocycles. The van der Waals surface area contributed by atoms with Gasteiger partial charge in [-0.1, -0.05) is 0 Å². The lowest BCUT2D eigenvalue weighted by Gasteiger charge is -2.21. The summed E-state index contributed by atoms with van der Waals surface area (Å²) in [7, 11) is 0. The number of thiazole rings is 1. The Bertz CT molecular complexity index is 687. The van der Waals surface area contributed by atoms with Crippen molar-refractivity contribution in [3.8, 4) is 0 Å². The van der Waals surface area contributed by atoms with Crippen LogP contribution < -0.4 is 5.32 Å². The van der Waals surface area contributed by atoms with Crippen LogP contribution in [0.2, 0.25) is 0 Å². The van der Waals surface area contributed by atoms with Crippen LogP contribution in [0.25, 0.3) is 10.2 Å². The summed E-state index contributed by atoms with van der Waals surface area (Å²) < 4.78 is 6.62. The third kappa shape index (κ3) is 1.77. The maximum absolute atomic E-state index is 11.4.